The molecule has 118 valence electrons. The van der Waals surface area contributed by atoms with Crippen molar-refractivity contribution < 1.29 is 9.18 Å². The Kier molecular flexibility index (Phi) is 3.26. The number of carbonyl (C=O) groups excluding carboxylic acids is 1. The molecule has 0 heterocycles. The van der Waals surface area contributed by atoms with E-state index in [9.17, 15) is 9.18 Å². The standard InChI is InChI=1S/C18H21ClFNO/c19-18-8-13-5-14(9-18)7-17(6-13,11-18)16(22)21-10-12-1-3-15(20)4-2-12/h1-4,13-14H,5-11H2,(H,21,22)/t13-,14-,17?,18?/m1/s1. The van der Waals surface area contributed by atoms with Crippen LogP contribution in [0, 0.1) is 23.1 Å². The lowest BCUT2D eigenvalue weighted by Gasteiger charge is -2.59. The molecule has 4 aliphatic rings. The molecule has 1 amide bonds. The minimum Gasteiger partial charge on any atom is -0.352 e. The molecule has 2 atom stereocenters. The molecule has 5 rings (SSSR count). The second-order valence-corrected chi connectivity index (χ2v) is 8.50. The van der Waals surface area contributed by atoms with Crippen molar-refractivity contribution in [2.45, 2.75) is 49.9 Å². The van der Waals surface area contributed by atoms with Gasteiger partial charge in [-0.3, -0.25) is 4.79 Å². The minimum atomic E-state index is -0.258. The Balaban J connectivity index is 1.47. The summed E-state index contributed by atoms with van der Waals surface area (Å²) in [7, 11) is 0. The Bertz CT molecular complexity index is 586. The molecule has 2 nitrogen and oxygen atoms in total. The first-order valence-corrected chi connectivity index (χ1v) is 8.56. The van der Waals surface area contributed by atoms with Gasteiger partial charge in [-0.05, 0) is 68.1 Å². The van der Waals surface area contributed by atoms with Crippen molar-refractivity contribution in [3.63, 3.8) is 0 Å². The summed E-state index contributed by atoms with van der Waals surface area (Å²) in [5, 5.41) is 3.07. The molecule has 1 N–H and O–H groups in total. The molecule has 0 spiro atoms. The zero-order valence-corrected chi connectivity index (χ0v) is 13.3. The van der Waals surface area contributed by atoms with E-state index in [1.165, 1.54) is 18.6 Å². The van der Waals surface area contributed by atoms with Crippen molar-refractivity contribution in [2.24, 2.45) is 17.3 Å². The summed E-state index contributed by atoms with van der Waals surface area (Å²) in [5.41, 5.74) is 0.673. The van der Waals surface area contributed by atoms with Crippen LogP contribution in [0.15, 0.2) is 24.3 Å². The van der Waals surface area contributed by atoms with Gasteiger partial charge in [0.15, 0.2) is 0 Å². The molecule has 0 aliphatic heterocycles. The fourth-order valence-electron chi connectivity index (χ4n) is 5.39. The summed E-state index contributed by atoms with van der Waals surface area (Å²) in [6.07, 6.45) is 6.22. The van der Waals surface area contributed by atoms with Crippen LogP contribution in [0.3, 0.4) is 0 Å². The molecule has 4 heteroatoms. The molecule has 0 radical (unpaired) electrons. The van der Waals surface area contributed by atoms with Gasteiger partial charge in [0.05, 0.1) is 5.41 Å². The van der Waals surface area contributed by atoms with Crippen molar-refractivity contribution in [3.05, 3.63) is 35.6 Å². The summed E-state index contributed by atoms with van der Waals surface area (Å²) in [6, 6.07) is 6.30. The SMILES string of the molecule is O=C(NCc1ccc(F)cc1)C12C[C@H]3C[C@@H](CC(Cl)(C3)C1)C2. The third-order valence-corrected chi connectivity index (χ3v) is 6.28. The molecule has 4 saturated carbocycles. The third kappa shape index (κ3) is 2.44. The monoisotopic (exact) mass is 321 g/mol. The van der Waals surface area contributed by atoms with Crippen LogP contribution < -0.4 is 5.32 Å². The maximum atomic E-state index is 12.9. The lowest BCUT2D eigenvalue weighted by atomic mass is 9.49. The normalized spacial score (nSPS) is 39.0. The number of benzene rings is 1. The number of carbonyl (C=O) groups is 1. The Hall–Kier alpha value is -1.09. The van der Waals surface area contributed by atoms with E-state index in [0.717, 1.165) is 37.7 Å². The Morgan fingerprint density at radius 1 is 1.18 bits per heavy atom. The van der Waals surface area contributed by atoms with E-state index in [4.69, 9.17) is 11.6 Å². The van der Waals surface area contributed by atoms with Gasteiger partial charge in [-0.2, -0.15) is 0 Å². The smallest absolute Gasteiger partial charge is 0.226 e. The average molecular weight is 322 g/mol. The van der Waals surface area contributed by atoms with Gasteiger partial charge in [0, 0.05) is 11.4 Å². The molecule has 1 aromatic rings. The number of hydrogen-bond acceptors (Lipinski definition) is 1. The predicted octanol–water partition coefficient (Wildman–Crippen LogP) is 4.02. The number of halogens is 2. The molecular weight excluding hydrogens is 301 g/mol. The first kappa shape index (κ1) is 14.5. The topological polar surface area (TPSA) is 29.1 Å². The van der Waals surface area contributed by atoms with Crippen LogP contribution in [0.5, 0.6) is 0 Å². The van der Waals surface area contributed by atoms with Crippen molar-refractivity contribution in [2.75, 3.05) is 0 Å². The number of hydrogen-bond donors (Lipinski definition) is 1. The van der Waals surface area contributed by atoms with E-state index >= 15 is 0 Å². The van der Waals surface area contributed by atoms with Crippen molar-refractivity contribution in [3.8, 4) is 0 Å². The maximum Gasteiger partial charge on any atom is 0.226 e. The molecule has 0 aromatic heterocycles. The summed E-state index contributed by atoms with van der Waals surface area (Å²) in [6.45, 7) is 0.464. The van der Waals surface area contributed by atoms with Gasteiger partial charge in [-0.25, -0.2) is 4.39 Å². The Morgan fingerprint density at radius 3 is 2.41 bits per heavy atom. The number of alkyl halides is 1. The van der Waals surface area contributed by atoms with Crippen LogP contribution in [0.4, 0.5) is 4.39 Å². The molecular formula is C18H21ClFNO. The van der Waals surface area contributed by atoms with E-state index in [-0.39, 0.29) is 22.0 Å². The van der Waals surface area contributed by atoms with Crippen molar-refractivity contribution >= 4 is 17.5 Å². The van der Waals surface area contributed by atoms with E-state index in [0.29, 0.717) is 18.4 Å². The summed E-state index contributed by atoms with van der Waals surface area (Å²) in [5.74, 6) is 1.14. The van der Waals surface area contributed by atoms with Gasteiger partial charge in [-0.1, -0.05) is 12.1 Å². The van der Waals surface area contributed by atoms with Crippen LogP contribution in [-0.2, 0) is 11.3 Å². The van der Waals surface area contributed by atoms with Crippen LogP contribution in [0.25, 0.3) is 0 Å². The third-order valence-electron chi connectivity index (χ3n) is 5.84. The summed E-state index contributed by atoms with van der Waals surface area (Å²) < 4.78 is 12.9. The van der Waals surface area contributed by atoms with Gasteiger partial charge in [0.2, 0.25) is 5.91 Å². The maximum absolute atomic E-state index is 12.9. The van der Waals surface area contributed by atoms with Crippen LogP contribution in [-0.4, -0.2) is 10.8 Å². The Labute approximate surface area is 135 Å². The first-order chi connectivity index (χ1) is 10.5. The van der Waals surface area contributed by atoms with Gasteiger partial charge in [-0.15, -0.1) is 11.6 Å². The number of rotatable bonds is 3. The van der Waals surface area contributed by atoms with E-state index in [1.54, 1.807) is 12.1 Å². The second-order valence-electron chi connectivity index (χ2n) is 7.70. The van der Waals surface area contributed by atoms with E-state index in [2.05, 4.69) is 5.32 Å². The quantitative estimate of drug-likeness (QED) is 0.837. The fraction of sp³-hybridized carbons (Fsp3) is 0.611. The van der Waals surface area contributed by atoms with Crippen LogP contribution in [0.2, 0.25) is 0 Å². The Morgan fingerprint density at radius 2 is 1.82 bits per heavy atom. The molecule has 1 aromatic carbocycles. The molecule has 0 unspecified atom stereocenters. The van der Waals surface area contributed by atoms with Gasteiger partial charge >= 0.3 is 0 Å². The molecule has 0 saturated heterocycles. The van der Waals surface area contributed by atoms with Crippen molar-refractivity contribution in [1.29, 1.82) is 0 Å². The van der Waals surface area contributed by atoms with E-state index in [1.807, 2.05) is 0 Å². The largest absolute Gasteiger partial charge is 0.352 e. The highest BCUT2D eigenvalue weighted by Crippen LogP contribution is 2.63. The second kappa shape index (κ2) is 4.95. The first-order valence-electron chi connectivity index (χ1n) is 8.18. The van der Waals surface area contributed by atoms with Crippen LogP contribution in [0.1, 0.15) is 44.1 Å². The molecule has 4 aliphatic carbocycles. The minimum absolute atomic E-state index is 0.142. The highest BCUT2D eigenvalue weighted by atomic mass is 35.5. The van der Waals surface area contributed by atoms with Gasteiger partial charge in [0.25, 0.3) is 0 Å². The summed E-state index contributed by atoms with van der Waals surface area (Å²) in [4.78, 5) is 12.7. The van der Waals surface area contributed by atoms with Crippen LogP contribution >= 0.6 is 11.6 Å². The van der Waals surface area contributed by atoms with E-state index < -0.39 is 0 Å². The summed E-state index contributed by atoms with van der Waals surface area (Å²) >= 11 is 6.78. The van der Waals surface area contributed by atoms with Crippen molar-refractivity contribution in [1.82, 2.24) is 5.32 Å². The predicted molar refractivity (Wildman–Crippen MR) is 83.9 cm³/mol. The number of amides is 1. The van der Waals surface area contributed by atoms with Gasteiger partial charge < -0.3 is 5.32 Å². The lowest BCUT2D eigenvalue weighted by molar-refractivity contribution is -0.144. The molecule has 4 fully saturated rings. The molecule has 4 bridgehead atoms. The highest BCUT2D eigenvalue weighted by molar-refractivity contribution is 6.24. The zero-order valence-electron chi connectivity index (χ0n) is 12.6. The fourth-order valence-corrected chi connectivity index (χ4v) is 6.08. The zero-order chi connectivity index (χ0) is 15.4. The average Bonchev–Trinajstić information content (AvgIpc) is 2.43. The number of nitrogens with one attached hydrogen (secondary N) is 1. The van der Waals surface area contributed by atoms with Gasteiger partial charge in [0.1, 0.15) is 5.82 Å². The highest BCUT2D eigenvalue weighted by Gasteiger charge is 2.59. The lowest BCUT2D eigenvalue weighted by Crippen LogP contribution is -2.58. The molecule has 22 heavy (non-hydrogen) atoms.